The van der Waals surface area contributed by atoms with Crippen molar-refractivity contribution >= 4 is 0 Å². The number of aromatic hydroxyl groups is 1. The van der Waals surface area contributed by atoms with Crippen LogP contribution < -0.4 is 11.1 Å². The second-order valence-electron chi connectivity index (χ2n) is 4.59. The van der Waals surface area contributed by atoms with Crippen molar-refractivity contribution in [1.82, 2.24) is 5.32 Å². The Kier molecular flexibility index (Phi) is 1.97. The summed E-state index contributed by atoms with van der Waals surface area (Å²) in [6, 6.07) is 6.23. The van der Waals surface area contributed by atoms with E-state index in [1.165, 1.54) is 0 Å². The van der Waals surface area contributed by atoms with Gasteiger partial charge in [-0.05, 0) is 36.9 Å². The molecule has 80 valence electrons. The number of fused-ring (bicyclic) bond motifs is 2. The fourth-order valence-electron chi connectivity index (χ4n) is 3.02. The van der Waals surface area contributed by atoms with Crippen LogP contribution in [0.25, 0.3) is 0 Å². The highest BCUT2D eigenvalue weighted by Crippen LogP contribution is 2.40. The first-order valence-electron chi connectivity index (χ1n) is 5.57. The molecule has 2 aliphatic rings. The SMILES string of the molecule is NC1c2cccc(O)c2CC2NCCC21. The summed E-state index contributed by atoms with van der Waals surface area (Å²) in [4.78, 5) is 0. The molecule has 15 heavy (non-hydrogen) atoms. The second-order valence-corrected chi connectivity index (χ2v) is 4.59. The maximum Gasteiger partial charge on any atom is 0.119 e. The van der Waals surface area contributed by atoms with Crippen LogP contribution in [0, 0.1) is 5.92 Å². The predicted molar refractivity (Wildman–Crippen MR) is 58.6 cm³/mol. The van der Waals surface area contributed by atoms with Gasteiger partial charge in [-0.1, -0.05) is 12.1 Å². The first-order chi connectivity index (χ1) is 7.27. The minimum atomic E-state index is 0.0841. The van der Waals surface area contributed by atoms with Crippen molar-refractivity contribution < 1.29 is 5.11 Å². The van der Waals surface area contributed by atoms with E-state index in [1.807, 2.05) is 12.1 Å². The summed E-state index contributed by atoms with van der Waals surface area (Å²) in [6.07, 6.45) is 2.07. The third kappa shape index (κ3) is 1.27. The topological polar surface area (TPSA) is 58.3 Å². The monoisotopic (exact) mass is 204 g/mol. The Labute approximate surface area is 89.3 Å². The lowest BCUT2D eigenvalue weighted by atomic mass is 9.77. The van der Waals surface area contributed by atoms with Crippen LogP contribution in [0.15, 0.2) is 18.2 Å². The minimum Gasteiger partial charge on any atom is -0.508 e. The van der Waals surface area contributed by atoms with Gasteiger partial charge in [-0.2, -0.15) is 0 Å². The smallest absolute Gasteiger partial charge is 0.119 e. The molecule has 1 fully saturated rings. The summed E-state index contributed by atoms with van der Waals surface area (Å²) in [7, 11) is 0. The molecule has 0 radical (unpaired) electrons. The van der Waals surface area contributed by atoms with Crippen LogP contribution in [0.2, 0.25) is 0 Å². The maximum atomic E-state index is 9.81. The molecule has 3 heteroatoms. The van der Waals surface area contributed by atoms with Crippen molar-refractivity contribution in [2.45, 2.75) is 24.9 Å². The van der Waals surface area contributed by atoms with Gasteiger partial charge in [0.05, 0.1) is 0 Å². The molecule has 1 aromatic carbocycles. The molecule has 1 saturated heterocycles. The highest BCUT2D eigenvalue weighted by Gasteiger charge is 2.38. The van der Waals surface area contributed by atoms with Crippen molar-refractivity contribution in [2.75, 3.05) is 6.54 Å². The zero-order valence-electron chi connectivity index (χ0n) is 8.61. The van der Waals surface area contributed by atoms with Crippen LogP contribution >= 0.6 is 0 Å². The minimum absolute atomic E-state index is 0.0841. The number of phenols is 1. The van der Waals surface area contributed by atoms with E-state index >= 15 is 0 Å². The van der Waals surface area contributed by atoms with Crippen LogP contribution in [0.5, 0.6) is 5.75 Å². The zero-order chi connectivity index (χ0) is 10.4. The number of hydrogen-bond donors (Lipinski definition) is 3. The largest absolute Gasteiger partial charge is 0.508 e. The molecular weight excluding hydrogens is 188 g/mol. The number of nitrogens with one attached hydrogen (secondary N) is 1. The lowest BCUT2D eigenvalue weighted by Gasteiger charge is -2.33. The Morgan fingerprint density at radius 3 is 3.13 bits per heavy atom. The van der Waals surface area contributed by atoms with E-state index in [-0.39, 0.29) is 6.04 Å². The Hall–Kier alpha value is -1.06. The third-order valence-electron chi connectivity index (χ3n) is 3.83. The van der Waals surface area contributed by atoms with Crippen LogP contribution in [0.1, 0.15) is 23.6 Å². The highest BCUT2D eigenvalue weighted by atomic mass is 16.3. The lowest BCUT2D eigenvalue weighted by Crippen LogP contribution is -2.39. The second kappa shape index (κ2) is 3.22. The van der Waals surface area contributed by atoms with E-state index in [9.17, 15) is 5.11 Å². The van der Waals surface area contributed by atoms with E-state index in [0.29, 0.717) is 17.7 Å². The number of rotatable bonds is 0. The molecule has 1 aliphatic heterocycles. The molecule has 0 bridgehead atoms. The molecular formula is C12H16N2O. The quantitative estimate of drug-likeness (QED) is 0.589. The van der Waals surface area contributed by atoms with Gasteiger partial charge in [-0.15, -0.1) is 0 Å². The number of nitrogens with two attached hydrogens (primary N) is 1. The molecule has 0 amide bonds. The van der Waals surface area contributed by atoms with E-state index in [1.54, 1.807) is 6.07 Å². The Balaban J connectivity index is 2.08. The molecule has 3 atom stereocenters. The maximum absolute atomic E-state index is 9.81. The fourth-order valence-corrected chi connectivity index (χ4v) is 3.02. The van der Waals surface area contributed by atoms with Crippen molar-refractivity contribution in [3.05, 3.63) is 29.3 Å². The van der Waals surface area contributed by atoms with Gasteiger partial charge in [-0.25, -0.2) is 0 Å². The Bertz CT molecular complexity index is 391. The summed E-state index contributed by atoms with van der Waals surface area (Å²) < 4.78 is 0. The first-order valence-corrected chi connectivity index (χ1v) is 5.57. The molecule has 3 unspecified atom stereocenters. The molecule has 1 aliphatic carbocycles. The molecule has 0 aromatic heterocycles. The summed E-state index contributed by atoms with van der Waals surface area (Å²) in [6.45, 7) is 1.05. The van der Waals surface area contributed by atoms with Crippen LogP contribution in [-0.2, 0) is 6.42 Å². The standard InChI is InChI=1S/C12H16N2O/c13-12-7-2-1-3-11(15)9(7)6-10-8(12)4-5-14-10/h1-3,8,10,12,14-15H,4-6,13H2. The van der Waals surface area contributed by atoms with E-state index in [4.69, 9.17) is 5.73 Å². The van der Waals surface area contributed by atoms with Gasteiger partial charge < -0.3 is 16.2 Å². The lowest BCUT2D eigenvalue weighted by molar-refractivity contribution is 0.343. The van der Waals surface area contributed by atoms with Crippen LogP contribution in [0.4, 0.5) is 0 Å². The average Bonchev–Trinajstić information content (AvgIpc) is 2.68. The highest BCUT2D eigenvalue weighted by molar-refractivity contribution is 5.44. The fraction of sp³-hybridized carbons (Fsp3) is 0.500. The summed E-state index contributed by atoms with van der Waals surface area (Å²) in [5.41, 5.74) is 8.43. The van der Waals surface area contributed by atoms with E-state index in [2.05, 4.69) is 5.32 Å². The average molecular weight is 204 g/mol. The normalized spacial score (nSPS) is 33.5. The summed E-state index contributed by atoms with van der Waals surface area (Å²) in [5, 5.41) is 13.3. The summed E-state index contributed by atoms with van der Waals surface area (Å²) >= 11 is 0. The first kappa shape index (κ1) is 9.19. The summed E-state index contributed by atoms with van der Waals surface area (Å²) in [5.74, 6) is 0.939. The third-order valence-corrected chi connectivity index (χ3v) is 3.83. The molecule has 1 aromatic rings. The van der Waals surface area contributed by atoms with Gasteiger partial charge in [0.15, 0.2) is 0 Å². The number of benzene rings is 1. The molecule has 0 spiro atoms. The van der Waals surface area contributed by atoms with Gasteiger partial charge in [-0.3, -0.25) is 0 Å². The van der Waals surface area contributed by atoms with Crippen molar-refractivity contribution in [1.29, 1.82) is 0 Å². The Morgan fingerprint density at radius 2 is 2.27 bits per heavy atom. The van der Waals surface area contributed by atoms with Gasteiger partial charge >= 0.3 is 0 Å². The van der Waals surface area contributed by atoms with Crippen molar-refractivity contribution in [2.24, 2.45) is 11.7 Å². The van der Waals surface area contributed by atoms with E-state index in [0.717, 1.165) is 30.5 Å². The van der Waals surface area contributed by atoms with Gasteiger partial charge in [0.2, 0.25) is 0 Å². The molecule has 1 heterocycles. The van der Waals surface area contributed by atoms with Crippen molar-refractivity contribution in [3.63, 3.8) is 0 Å². The zero-order valence-corrected chi connectivity index (χ0v) is 8.61. The molecule has 0 saturated carbocycles. The molecule has 3 rings (SSSR count). The van der Waals surface area contributed by atoms with Gasteiger partial charge in [0.1, 0.15) is 5.75 Å². The Morgan fingerprint density at radius 1 is 1.40 bits per heavy atom. The van der Waals surface area contributed by atoms with Gasteiger partial charge in [0.25, 0.3) is 0 Å². The number of phenolic OH excluding ortho intramolecular Hbond substituents is 1. The van der Waals surface area contributed by atoms with Crippen molar-refractivity contribution in [3.8, 4) is 5.75 Å². The van der Waals surface area contributed by atoms with Crippen LogP contribution in [0.3, 0.4) is 0 Å². The van der Waals surface area contributed by atoms with Crippen LogP contribution in [-0.4, -0.2) is 17.7 Å². The predicted octanol–water partition coefficient (Wildman–Crippen LogP) is 0.926. The number of hydrogen-bond acceptors (Lipinski definition) is 3. The van der Waals surface area contributed by atoms with Gasteiger partial charge in [0, 0.05) is 17.6 Å². The molecule has 3 nitrogen and oxygen atoms in total. The van der Waals surface area contributed by atoms with E-state index < -0.39 is 0 Å². The molecule has 4 N–H and O–H groups in total.